The molecule has 0 spiro atoms. The van der Waals surface area contributed by atoms with Crippen LogP contribution in [-0.2, 0) is 14.3 Å². The van der Waals surface area contributed by atoms with Gasteiger partial charge in [0, 0.05) is 51.0 Å². The first-order valence-corrected chi connectivity index (χ1v) is 7.94. The van der Waals surface area contributed by atoms with E-state index >= 15 is 0 Å². The molecule has 1 aromatic rings. The van der Waals surface area contributed by atoms with Crippen LogP contribution in [0.3, 0.4) is 0 Å². The van der Waals surface area contributed by atoms with Gasteiger partial charge in [-0.1, -0.05) is 0 Å². The number of nitro groups is 1. The minimum absolute atomic E-state index is 0.0526. The Hall–Kier alpha value is -2.52. The first-order chi connectivity index (χ1) is 11.9. The van der Waals surface area contributed by atoms with E-state index in [0.29, 0.717) is 5.69 Å². The maximum absolute atomic E-state index is 12.1. The van der Waals surface area contributed by atoms with E-state index in [1.165, 1.54) is 36.2 Å². The second kappa shape index (κ2) is 8.54. The molecule has 0 atom stereocenters. The van der Waals surface area contributed by atoms with Gasteiger partial charge >= 0.3 is 5.97 Å². The number of hydrogen-bond donors (Lipinski definition) is 0. The first-order valence-electron chi connectivity index (χ1n) is 7.94. The van der Waals surface area contributed by atoms with Gasteiger partial charge in [-0.25, -0.2) is 0 Å². The van der Waals surface area contributed by atoms with Crippen molar-refractivity contribution in [1.82, 2.24) is 9.80 Å². The third kappa shape index (κ3) is 5.50. The highest BCUT2D eigenvalue weighted by molar-refractivity contribution is 5.94. The van der Waals surface area contributed by atoms with Gasteiger partial charge in [0.1, 0.15) is 0 Å². The summed E-state index contributed by atoms with van der Waals surface area (Å²) in [4.78, 5) is 39.6. The van der Waals surface area contributed by atoms with Gasteiger partial charge in [-0.2, -0.15) is 0 Å². The van der Waals surface area contributed by atoms with Crippen LogP contribution in [-0.4, -0.2) is 80.0 Å². The number of ether oxygens (including phenoxy) is 1. The summed E-state index contributed by atoms with van der Waals surface area (Å²) in [7, 11) is 3.56. The van der Waals surface area contributed by atoms with Crippen LogP contribution >= 0.6 is 0 Å². The van der Waals surface area contributed by atoms with Crippen molar-refractivity contribution in [3.05, 3.63) is 34.4 Å². The lowest BCUT2D eigenvalue weighted by Gasteiger charge is -2.31. The SMILES string of the molecule is CN1CCN(CC(=O)OCC(=O)N(C)c2ccc([N+](=O)[O-])cc2)CC1. The van der Waals surface area contributed by atoms with Crippen molar-refractivity contribution in [2.75, 3.05) is 58.3 Å². The predicted octanol–water partition coefficient (Wildman–Crippen LogP) is 0.348. The van der Waals surface area contributed by atoms with E-state index in [1.54, 1.807) is 0 Å². The lowest BCUT2D eigenvalue weighted by Crippen LogP contribution is -2.46. The Bertz CT molecular complexity index is 626. The highest BCUT2D eigenvalue weighted by atomic mass is 16.6. The number of carbonyl (C=O) groups excluding carboxylic acids is 2. The Morgan fingerprint density at radius 1 is 1.20 bits per heavy atom. The quantitative estimate of drug-likeness (QED) is 0.415. The second-order valence-electron chi connectivity index (χ2n) is 5.97. The van der Waals surface area contributed by atoms with Crippen molar-refractivity contribution in [2.45, 2.75) is 0 Å². The Morgan fingerprint density at radius 3 is 2.36 bits per heavy atom. The van der Waals surface area contributed by atoms with Crippen LogP contribution in [0.2, 0.25) is 0 Å². The van der Waals surface area contributed by atoms with Crippen LogP contribution in [0.4, 0.5) is 11.4 Å². The fourth-order valence-corrected chi connectivity index (χ4v) is 2.42. The van der Waals surface area contributed by atoms with Crippen LogP contribution in [0.5, 0.6) is 0 Å². The first kappa shape index (κ1) is 18.8. The number of esters is 1. The number of benzene rings is 1. The maximum atomic E-state index is 12.1. The fraction of sp³-hybridized carbons (Fsp3) is 0.500. The minimum Gasteiger partial charge on any atom is -0.455 e. The summed E-state index contributed by atoms with van der Waals surface area (Å²) in [6.07, 6.45) is 0. The average Bonchev–Trinajstić information content (AvgIpc) is 2.61. The molecule has 0 unspecified atom stereocenters. The number of likely N-dealkylation sites (N-methyl/N-ethyl adjacent to an activating group) is 2. The van der Waals surface area contributed by atoms with Gasteiger partial charge in [0.15, 0.2) is 6.61 Å². The van der Waals surface area contributed by atoms with Crippen LogP contribution in [0.1, 0.15) is 0 Å². The predicted molar refractivity (Wildman–Crippen MR) is 91.4 cm³/mol. The molecule has 1 heterocycles. The zero-order valence-electron chi connectivity index (χ0n) is 14.4. The molecule has 136 valence electrons. The molecular formula is C16H22N4O5. The van der Waals surface area contributed by atoms with Gasteiger partial charge < -0.3 is 14.5 Å². The van der Waals surface area contributed by atoms with Gasteiger partial charge in [0.25, 0.3) is 11.6 Å². The van der Waals surface area contributed by atoms with Gasteiger partial charge in [0.2, 0.25) is 0 Å². The van der Waals surface area contributed by atoms with Crippen molar-refractivity contribution >= 4 is 23.3 Å². The molecule has 0 bridgehead atoms. The largest absolute Gasteiger partial charge is 0.455 e. The molecule has 0 aliphatic carbocycles. The lowest BCUT2D eigenvalue weighted by molar-refractivity contribution is -0.384. The monoisotopic (exact) mass is 350 g/mol. The molecule has 0 saturated carbocycles. The third-order valence-corrected chi connectivity index (χ3v) is 4.13. The fourth-order valence-electron chi connectivity index (χ4n) is 2.42. The number of amides is 1. The Morgan fingerprint density at radius 2 is 1.80 bits per heavy atom. The van der Waals surface area contributed by atoms with E-state index in [0.717, 1.165) is 26.2 Å². The van der Waals surface area contributed by atoms with Crippen LogP contribution in [0.15, 0.2) is 24.3 Å². The molecule has 1 amide bonds. The van der Waals surface area contributed by atoms with E-state index in [2.05, 4.69) is 4.90 Å². The molecule has 2 rings (SSSR count). The summed E-state index contributed by atoms with van der Waals surface area (Å²) in [6.45, 7) is 3.19. The maximum Gasteiger partial charge on any atom is 0.320 e. The summed E-state index contributed by atoms with van der Waals surface area (Å²) in [5.41, 5.74) is 0.439. The third-order valence-electron chi connectivity index (χ3n) is 4.13. The van der Waals surface area contributed by atoms with Crippen LogP contribution in [0.25, 0.3) is 0 Å². The molecule has 1 aromatic carbocycles. The summed E-state index contributed by atoms with van der Waals surface area (Å²) in [5, 5.41) is 10.6. The van der Waals surface area contributed by atoms with E-state index in [4.69, 9.17) is 4.74 Å². The van der Waals surface area contributed by atoms with Crippen LogP contribution < -0.4 is 4.90 Å². The normalized spacial score (nSPS) is 15.6. The van der Waals surface area contributed by atoms with E-state index in [1.807, 2.05) is 11.9 Å². The standard InChI is InChI=1S/C16H22N4O5/c1-17-7-9-19(10-8-17)11-16(22)25-12-15(21)18(2)13-3-5-14(6-4-13)20(23)24/h3-6H,7-12H2,1-2H3. The Balaban J connectivity index is 1.78. The molecule has 0 aromatic heterocycles. The summed E-state index contributed by atoms with van der Waals surface area (Å²) in [6, 6.07) is 5.58. The number of piperazine rings is 1. The number of carbonyl (C=O) groups is 2. The molecule has 0 radical (unpaired) electrons. The van der Waals surface area contributed by atoms with E-state index in [9.17, 15) is 19.7 Å². The van der Waals surface area contributed by atoms with Gasteiger partial charge in [-0.05, 0) is 19.2 Å². The summed E-state index contributed by atoms with van der Waals surface area (Å²) in [5.74, 6) is -0.837. The average molecular weight is 350 g/mol. The molecule has 1 aliphatic rings. The van der Waals surface area contributed by atoms with E-state index < -0.39 is 16.8 Å². The molecule has 9 nitrogen and oxygen atoms in total. The van der Waals surface area contributed by atoms with Gasteiger partial charge in [-0.3, -0.25) is 24.6 Å². The number of anilines is 1. The molecule has 1 aliphatic heterocycles. The number of rotatable bonds is 6. The number of nitro benzene ring substituents is 1. The van der Waals surface area contributed by atoms with Gasteiger partial charge in [-0.15, -0.1) is 0 Å². The second-order valence-corrected chi connectivity index (χ2v) is 5.97. The highest BCUT2D eigenvalue weighted by Crippen LogP contribution is 2.18. The van der Waals surface area contributed by atoms with Crippen molar-refractivity contribution in [1.29, 1.82) is 0 Å². The summed E-state index contributed by atoms with van der Waals surface area (Å²) >= 11 is 0. The molecule has 1 fully saturated rings. The number of nitrogens with zero attached hydrogens (tertiary/aromatic N) is 4. The van der Waals surface area contributed by atoms with Crippen molar-refractivity contribution in [3.63, 3.8) is 0 Å². The number of hydrogen-bond acceptors (Lipinski definition) is 7. The van der Waals surface area contributed by atoms with Crippen molar-refractivity contribution in [2.24, 2.45) is 0 Å². The van der Waals surface area contributed by atoms with Crippen LogP contribution in [0, 0.1) is 10.1 Å². The Kier molecular flexibility index (Phi) is 6.43. The van der Waals surface area contributed by atoms with Crippen molar-refractivity contribution < 1.29 is 19.2 Å². The smallest absolute Gasteiger partial charge is 0.320 e. The summed E-state index contributed by atoms with van der Waals surface area (Å²) < 4.78 is 5.04. The van der Waals surface area contributed by atoms with Gasteiger partial charge in [0.05, 0.1) is 11.5 Å². The molecular weight excluding hydrogens is 328 g/mol. The number of non-ortho nitro benzene ring substituents is 1. The Labute approximate surface area is 145 Å². The topological polar surface area (TPSA) is 96.2 Å². The minimum atomic E-state index is -0.508. The molecule has 0 N–H and O–H groups in total. The molecule has 25 heavy (non-hydrogen) atoms. The zero-order valence-corrected chi connectivity index (χ0v) is 14.4. The molecule has 1 saturated heterocycles. The zero-order chi connectivity index (χ0) is 18.4. The molecule has 9 heteroatoms. The van der Waals surface area contributed by atoms with Crippen molar-refractivity contribution in [3.8, 4) is 0 Å². The highest BCUT2D eigenvalue weighted by Gasteiger charge is 2.19. The van der Waals surface area contributed by atoms with E-state index in [-0.39, 0.29) is 18.8 Å². The lowest BCUT2D eigenvalue weighted by atomic mass is 10.2.